The highest BCUT2D eigenvalue weighted by Gasteiger charge is 2.45. The van der Waals surface area contributed by atoms with Gasteiger partial charge >= 0.3 is 6.03 Å². The Hall–Kier alpha value is -1.06. The molecule has 1 fully saturated rings. The number of hydrogen-bond acceptors (Lipinski definition) is 2. The monoisotopic (exact) mass is 184 g/mol. The number of imide groups is 1. The molecule has 0 saturated carbocycles. The van der Waals surface area contributed by atoms with Crippen molar-refractivity contribution >= 4 is 11.9 Å². The van der Waals surface area contributed by atoms with E-state index in [9.17, 15) is 9.59 Å². The maximum Gasteiger partial charge on any atom is 0.327 e. The Morgan fingerprint density at radius 2 is 1.69 bits per heavy atom. The Morgan fingerprint density at radius 3 is 1.85 bits per heavy atom. The molecule has 0 aliphatic carbocycles. The third-order valence-electron chi connectivity index (χ3n) is 2.32. The van der Waals surface area contributed by atoms with Crippen molar-refractivity contribution in [1.29, 1.82) is 0 Å². The molecule has 0 N–H and O–H groups in total. The average Bonchev–Trinajstić information content (AvgIpc) is 2.14. The van der Waals surface area contributed by atoms with Gasteiger partial charge in [0, 0.05) is 12.6 Å². The molecule has 74 valence electrons. The first-order valence-electron chi connectivity index (χ1n) is 4.37. The summed E-state index contributed by atoms with van der Waals surface area (Å²) in [5.74, 6) is -0.111. The molecule has 0 aromatic heterocycles. The topological polar surface area (TPSA) is 40.6 Å². The van der Waals surface area contributed by atoms with Crippen LogP contribution in [0, 0.1) is 0 Å². The highest BCUT2D eigenvalue weighted by molar-refractivity contribution is 6.04. The fourth-order valence-electron chi connectivity index (χ4n) is 1.39. The Balaban J connectivity index is 3.02. The van der Waals surface area contributed by atoms with Crippen LogP contribution in [-0.2, 0) is 4.79 Å². The van der Waals surface area contributed by atoms with E-state index in [0.717, 1.165) is 0 Å². The SMILES string of the molecule is CC1C(=O)N(C(C)(C)C)C(=O)N1C. The number of urea groups is 1. The molecule has 3 amide bonds. The summed E-state index contributed by atoms with van der Waals surface area (Å²) in [6.45, 7) is 7.31. The molecule has 0 aromatic rings. The van der Waals surface area contributed by atoms with E-state index in [2.05, 4.69) is 0 Å². The van der Waals surface area contributed by atoms with Gasteiger partial charge in [0.05, 0.1) is 0 Å². The van der Waals surface area contributed by atoms with Gasteiger partial charge in [-0.2, -0.15) is 0 Å². The fraction of sp³-hybridized carbons (Fsp3) is 0.778. The Morgan fingerprint density at radius 1 is 1.23 bits per heavy atom. The third-order valence-corrected chi connectivity index (χ3v) is 2.32. The van der Waals surface area contributed by atoms with E-state index in [-0.39, 0.29) is 18.0 Å². The van der Waals surface area contributed by atoms with Gasteiger partial charge in [-0.3, -0.25) is 9.69 Å². The van der Waals surface area contributed by atoms with Crippen molar-refractivity contribution in [2.75, 3.05) is 7.05 Å². The fourth-order valence-corrected chi connectivity index (χ4v) is 1.39. The van der Waals surface area contributed by atoms with Crippen molar-refractivity contribution in [3.8, 4) is 0 Å². The lowest BCUT2D eigenvalue weighted by Crippen LogP contribution is -2.46. The van der Waals surface area contributed by atoms with Crippen LogP contribution in [0.25, 0.3) is 0 Å². The Bertz CT molecular complexity index is 235. The molecular formula is C9H16N2O2. The van der Waals surface area contributed by atoms with Crippen LogP contribution < -0.4 is 0 Å². The normalized spacial score (nSPS) is 24.5. The first-order valence-corrected chi connectivity index (χ1v) is 4.37. The molecule has 1 atom stereocenters. The maximum absolute atomic E-state index is 11.6. The second-order valence-corrected chi connectivity index (χ2v) is 4.41. The quantitative estimate of drug-likeness (QED) is 0.528. The summed E-state index contributed by atoms with van der Waals surface area (Å²) in [4.78, 5) is 26.0. The van der Waals surface area contributed by atoms with Crippen molar-refractivity contribution in [3.05, 3.63) is 0 Å². The highest BCUT2D eigenvalue weighted by atomic mass is 16.2. The molecular weight excluding hydrogens is 168 g/mol. The van der Waals surface area contributed by atoms with E-state index in [1.807, 2.05) is 20.8 Å². The number of nitrogens with zero attached hydrogens (tertiary/aromatic N) is 2. The van der Waals surface area contributed by atoms with E-state index in [1.54, 1.807) is 14.0 Å². The lowest BCUT2D eigenvalue weighted by molar-refractivity contribution is -0.130. The minimum Gasteiger partial charge on any atom is -0.316 e. The predicted molar refractivity (Wildman–Crippen MR) is 49.2 cm³/mol. The zero-order valence-corrected chi connectivity index (χ0v) is 8.79. The summed E-state index contributed by atoms with van der Waals surface area (Å²) in [7, 11) is 1.65. The summed E-state index contributed by atoms with van der Waals surface area (Å²) >= 11 is 0. The van der Waals surface area contributed by atoms with Crippen molar-refractivity contribution in [2.45, 2.75) is 39.3 Å². The van der Waals surface area contributed by atoms with Gasteiger partial charge in [0.15, 0.2) is 0 Å². The largest absolute Gasteiger partial charge is 0.327 e. The van der Waals surface area contributed by atoms with Gasteiger partial charge in [0.25, 0.3) is 5.91 Å². The molecule has 4 nitrogen and oxygen atoms in total. The lowest BCUT2D eigenvalue weighted by Gasteiger charge is -2.29. The summed E-state index contributed by atoms with van der Waals surface area (Å²) in [5.41, 5.74) is -0.423. The molecule has 1 heterocycles. The van der Waals surface area contributed by atoms with Gasteiger partial charge in [-0.25, -0.2) is 4.79 Å². The molecule has 0 spiro atoms. The zero-order chi connectivity index (χ0) is 10.4. The number of likely N-dealkylation sites (N-methyl/N-ethyl adjacent to an activating group) is 1. The number of hydrogen-bond donors (Lipinski definition) is 0. The average molecular weight is 184 g/mol. The van der Waals surface area contributed by atoms with E-state index < -0.39 is 5.54 Å². The van der Waals surface area contributed by atoms with Crippen molar-refractivity contribution in [1.82, 2.24) is 9.80 Å². The first-order chi connectivity index (χ1) is 5.76. The third kappa shape index (κ3) is 1.41. The standard InChI is InChI=1S/C9H16N2O2/c1-6-7(12)11(9(2,3)4)8(13)10(6)5/h6H,1-5H3. The van der Waals surface area contributed by atoms with Gasteiger partial charge in [0.1, 0.15) is 6.04 Å². The van der Waals surface area contributed by atoms with E-state index in [0.29, 0.717) is 0 Å². The van der Waals surface area contributed by atoms with Crippen LogP contribution in [0.2, 0.25) is 0 Å². The molecule has 0 aromatic carbocycles. The predicted octanol–water partition coefficient (Wildman–Crippen LogP) is 1.07. The van der Waals surface area contributed by atoms with Crippen LogP contribution in [0.1, 0.15) is 27.7 Å². The molecule has 0 bridgehead atoms. The number of carbonyl (C=O) groups excluding carboxylic acids is 2. The zero-order valence-electron chi connectivity index (χ0n) is 8.79. The van der Waals surface area contributed by atoms with E-state index >= 15 is 0 Å². The van der Waals surface area contributed by atoms with Gasteiger partial charge in [-0.1, -0.05) is 0 Å². The van der Waals surface area contributed by atoms with Crippen molar-refractivity contribution in [3.63, 3.8) is 0 Å². The summed E-state index contributed by atoms with van der Waals surface area (Å²) < 4.78 is 0. The summed E-state index contributed by atoms with van der Waals surface area (Å²) in [5, 5.41) is 0. The van der Waals surface area contributed by atoms with Crippen LogP contribution in [-0.4, -0.2) is 40.4 Å². The molecule has 1 rings (SSSR count). The highest BCUT2D eigenvalue weighted by Crippen LogP contribution is 2.24. The molecule has 1 saturated heterocycles. The molecule has 0 radical (unpaired) electrons. The Labute approximate surface area is 78.5 Å². The summed E-state index contributed by atoms with van der Waals surface area (Å²) in [6, 6.07) is -0.531. The van der Waals surface area contributed by atoms with Gasteiger partial charge in [-0.05, 0) is 27.7 Å². The minimum atomic E-state index is -0.423. The Kier molecular flexibility index (Phi) is 2.10. The van der Waals surface area contributed by atoms with Crippen LogP contribution in [0.15, 0.2) is 0 Å². The second kappa shape index (κ2) is 2.72. The van der Waals surface area contributed by atoms with Crippen LogP contribution in [0.4, 0.5) is 4.79 Å². The lowest BCUT2D eigenvalue weighted by atomic mass is 10.1. The second-order valence-electron chi connectivity index (χ2n) is 4.41. The van der Waals surface area contributed by atoms with Crippen molar-refractivity contribution in [2.24, 2.45) is 0 Å². The number of rotatable bonds is 0. The minimum absolute atomic E-state index is 0.111. The van der Waals surface area contributed by atoms with E-state index in [4.69, 9.17) is 0 Å². The smallest absolute Gasteiger partial charge is 0.316 e. The van der Waals surface area contributed by atoms with Crippen LogP contribution in [0.5, 0.6) is 0 Å². The summed E-state index contributed by atoms with van der Waals surface area (Å²) in [6.07, 6.45) is 0. The van der Waals surface area contributed by atoms with E-state index in [1.165, 1.54) is 9.80 Å². The van der Waals surface area contributed by atoms with Crippen LogP contribution in [0.3, 0.4) is 0 Å². The van der Waals surface area contributed by atoms with Gasteiger partial charge in [-0.15, -0.1) is 0 Å². The molecule has 1 aliphatic heterocycles. The molecule has 1 aliphatic rings. The number of amides is 3. The maximum atomic E-state index is 11.6. The first kappa shape index (κ1) is 10.0. The molecule has 4 heteroatoms. The van der Waals surface area contributed by atoms with Crippen LogP contribution >= 0.6 is 0 Å². The van der Waals surface area contributed by atoms with Crippen molar-refractivity contribution < 1.29 is 9.59 Å². The van der Waals surface area contributed by atoms with Gasteiger partial charge < -0.3 is 4.90 Å². The van der Waals surface area contributed by atoms with Gasteiger partial charge in [0.2, 0.25) is 0 Å². The number of carbonyl (C=O) groups is 2. The molecule has 1 unspecified atom stereocenters. The molecule has 13 heavy (non-hydrogen) atoms.